The first-order valence-electron chi connectivity index (χ1n) is 11.5. The van der Waals surface area contributed by atoms with Crippen molar-refractivity contribution in [1.29, 1.82) is 0 Å². The van der Waals surface area contributed by atoms with E-state index in [2.05, 4.69) is 15.1 Å². The molecule has 0 unspecified atom stereocenters. The van der Waals surface area contributed by atoms with Gasteiger partial charge in [0.2, 0.25) is 0 Å². The Morgan fingerprint density at radius 1 is 1.21 bits per heavy atom. The summed E-state index contributed by atoms with van der Waals surface area (Å²) >= 11 is 0. The minimum atomic E-state index is -0.587. The van der Waals surface area contributed by atoms with E-state index in [-0.39, 0.29) is 28.4 Å². The molecule has 1 amide bonds. The van der Waals surface area contributed by atoms with E-state index in [1.807, 2.05) is 43.5 Å². The van der Waals surface area contributed by atoms with Crippen LogP contribution in [0.25, 0.3) is 16.7 Å². The lowest BCUT2D eigenvalue weighted by molar-refractivity contribution is 0.0786. The van der Waals surface area contributed by atoms with Crippen molar-refractivity contribution in [2.24, 2.45) is 0 Å². The molecule has 3 aromatic heterocycles. The number of rotatable bonds is 7. The highest BCUT2D eigenvalue weighted by molar-refractivity contribution is 6.05. The molecule has 1 N–H and O–H groups in total. The molecule has 1 aromatic carbocycles. The summed E-state index contributed by atoms with van der Waals surface area (Å²) in [6, 6.07) is 11.5. The first kappa shape index (κ1) is 21.8. The number of para-hydroxylation sites is 1. The highest BCUT2D eigenvalue weighted by Gasteiger charge is 2.29. The van der Waals surface area contributed by atoms with Gasteiger partial charge in [0.05, 0.1) is 22.8 Å². The number of aromatic amines is 1. The largest absolute Gasteiger partial charge is 0.337 e. The monoisotopic (exact) mass is 458 g/mol. The van der Waals surface area contributed by atoms with Gasteiger partial charge in [0.15, 0.2) is 5.65 Å². The predicted octanol–water partition coefficient (Wildman–Crippen LogP) is 2.83. The van der Waals surface area contributed by atoms with Gasteiger partial charge < -0.3 is 4.90 Å². The number of fused-ring (bicyclic) bond motifs is 1. The normalized spacial score (nSPS) is 13.4. The van der Waals surface area contributed by atoms with Crippen molar-refractivity contribution in [2.75, 3.05) is 7.05 Å². The Kier molecular flexibility index (Phi) is 5.61. The molecule has 1 aliphatic carbocycles. The van der Waals surface area contributed by atoms with Gasteiger partial charge in [0.25, 0.3) is 11.5 Å². The summed E-state index contributed by atoms with van der Waals surface area (Å²) in [5.74, 6) is -0.0382. The van der Waals surface area contributed by atoms with Crippen LogP contribution in [0, 0.1) is 0 Å². The molecule has 4 aromatic rings. The van der Waals surface area contributed by atoms with Gasteiger partial charge in [-0.05, 0) is 37.5 Å². The second kappa shape index (κ2) is 8.74. The van der Waals surface area contributed by atoms with Crippen LogP contribution in [0.3, 0.4) is 0 Å². The number of carbonyl (C=O) groups excluding carboxylic acids is 1. The molecule has 3 heterocycles. The lowest BCUT2D eigenvalue weighted by Gasteiger charge is -2.18. The second-order valence-corrected chi connectivity index (χ2v) is 8.77. The Balaban J connectivity index is 1.52. The van der Waals surface area contributed by atoms with Crippen LogP contribution in [0.5, 0.6) is 0 Å². The van der Waals surface area contributed by atoms with Crippen LogP contribution in [0.4, 0.5) is 0 Å². The number of hydrogen-bond donors (Lipinski definition) is 1. The Bertz CT molecular complexity index is 1480. The van der Waals surface area contributed by atoms with Crippen LogP contribution in [-0.4, -0.2) is 42.2 Å². The topological polar surface area (TPSA) is 106 Å². The molecular formula is C25H26N6O3. The number of benzene rings is 1. The van der Waals surface area contributed by atoms with E-state index in [9.17, 15) is 14.4 Å². The maximum atomic E-state index is 13.6. The van der Waals surface area contributed by atoms with Crippen molar-refractivity contribution in [2.45, 2.75) is 45.2 Å². The number of carbonyl (C=O) groups is 1. The van der Waals surface area contributed by atoms with Gasteiger partial charge in [-0.25, -0.2) is 14.5 Å². The van der Waals surface area contributed by atoms with E-state index in [1.54, 1.807) is 28.9 Å². The molecule has 5 rings (SSSR count). The van der Waals surface area contributed by atoms with E-state index in [0.717, 1.165) is 29.8 Å². The van der Waals surface area contributed by atoms with Crippen molar-refractivity contribution in [3.05, 3.63) is 86.5 Å². The smallest absolute Gasteiger partial charge is 0.329 e. The first-order valence-corrected chi connectivity index (χ1v) is 11.5. The number of hydrogen-bond acceptors (Lipinski definition) is 5. The number of pyridine rings is 1. The van der Waals surface area contributed by atoms with Gasteiger partial charge in [-0.1, -0.05) is 25.1 Å². The van der Waals surface area contributed by atoms with Gasteiger partial charge in [-0.2, -0.15) is 5.10 Å². The Hall–Kier alpha value is -4.01. The summed E-state index contributed by atoms with van der Waals surface area (Å²) in [5.41, 5.74) is 2.02. The van der Waals surface area contributed by atoms with E-state index in [0.29, 0.717) is 19.5 Å². The third-order valence-corrected chi connectivity index (χ3v) is 6.07. The highest BCUT2D eigenvalue weighted by atomic mass is 16.2. The molecule has 1 fully saturated rings. The third kappa shape index (κ3) is 4.05. The minimum absolute atomic E-state index is 0.161. The molecule has 0 spiro atoms. The molecular weight excluding hydrogens is 432 g/mol. The number of nitrogens with zero attached hydrogens (tertiary/aromatic N) is 5. The molecule has 1 aliphatic rings. The van der Waals surface area contributed by atoms with E-state index >= 15 is 0 Å². The standard InChI is InChI=1S/C25H26N6O3/c1-3-11-30-22-21(23(32)28-25(30)34)19(12-20(27-22)17-9-10-17)24(33)29(2)14-16-13-26-31(15-16)18-7-5-4-6-8-18/h4-8,12-13,15,17H,3,9-11,14H2,1-2H3,(H,28,32,34). The number of aromatic nitrogens is 5. The molecule has 9 heteroatoms. The minimum Gasteiger partial charge on any atom is -0.337 e. The molecule has 0 atom stereocenters. The summed E-state index contributed by atoms with van der Waals surface area (Å²) < 4.78 is 3.22. The van der Waals surface area contributed by atoms with Crippen LogP contribution < -0.4 is 11.2 Å². The summed E-state index contributed by atoms with van der Waals surface area (Å²) in [6.07, 6.45) is 6.28. The average molecular weight is 459 g/mol. The van der Waals surface area contributed by atoms with Gasteiger partial charge in [0, 0.05) is 43.5 Å². The zero-order chi connectivity index (χ0) is 23.8. The number of nitrogens with one attached hydrogen (secondary N) is 1. The lowest BCUT2D eigenvalue weighted by atomic mass is 10.1. The molecule has 0 aliphatic heterocycles. The van der Waals surface area contributed by atoms with E-state index < -0.39 is 11.2 Å². The van der Waals surface area contributed by atoms with E-state index in [4.69, 9.17) is 0 Å². The van der Waals surface area contributed by atoms with Gasteiger partial charge >= 0.3 is 5.69 Å². The van der Waals surface area contributed by atoms with Gasteiger partial charge in [-0.15, -0.1) is 0 Å². The van der Waals surface area contributed by atoms with Gasteiger partial charge in [0.1, 0.15) is 0 Å². The van der Waals surface area contributed by atoms with Crippen molar-refractivity contribution in [3.8, 4) is 5.69 Å². The fourth-order valence-electron chi connectivity index (χ4n) is 4.20. The van der Waals surface area contributed by atoms with Crippen LogP contribution in [0.1, 0.15) is 53.7 Å². The maximum absolute atomic E-state index is 13.6. The van der Waals surface area contributed by atoms with Crippen molar-refractivity contribution in [1.82, 2.24) is 29.2 Å². The lowest BCUT2D eigenvalue weighted by Crippen LogP contribution is -2.34. The molecule has 34 heavy (non-hydrogen) atoms. The Morgan fingerprint density at radius 2 is 1.97 bits per heavy atom. The van der Waals surface area contributed by atoms with Crippen LogP contribution in [0.15, 0.2) is 58.4 Å². The number of aryl methyl sites for hydroxylation is 1. The Morgan fingerprint density at radius 3 is 2.68 bits per heavy atom. The van der Waals surface area contributed by atoms with Crippen LogP contribution in [-0.2, 0) is 13.1 Å². The zero-order valence-electron chi connectivity index (χ0n) is 19.2. The van der Waals surface area contributed by atoms with E-state index in [1.165, 1.54) is 4.57 Å². The molecule has 174 valence electrons. The summed E-state index contributed by atoms with van der Waals surface area (Å²) in [7, 11) is 1.70. The van der Waals surface area contributed by atoms with Crippen molar-refractivity contribution < 1.29 is 4.79 Å². The number of amides is 1. The molecule has 9 nitrogen and oxygen atoms in total. The average Bonchev–Trinajstić information content (AvgIpc) is 3.59. The number of H-pyrrole nitrogens is 1. The molecule has 0 radical (unpaired) electrons. The first-order chi connectivity index (χ1) is 16.5. The summed E-state index contributed by atoms with van der Waals surface area (Å²) in [6.45, 7) is 2.68. The SMILES string of the molecule is CCCn1c(=O)[nH]c(=O)c2c(C(=O)N(C)Cc3cnn(-c4ccccc4)c3)cc(C3CC3)nc21. The third-order valence-electron chi connectivity index (χ3n) is 6.07. The summed E-state index contributed by atoms with van der Waals surface area (Å²) in [5, 5.41) is 4.56. The fourth-order valence-corrected chi connectivity index (χ4v) is 4.20. The van der Waals surface area contributed by atoms with Gasteiger partial charge in [-0.3, -0.25) is 19.1 Å². The Labute approximate surface area is 195 Å². The molecule has 0 saturated heterocycles. The van der Waals surface area contributed by atoms with Crippen LogP contribution in [0.2, 0.25) is 0 Å². The van der Waals surface area contributed by atoms with Crippen LogP contribution >= 0.6 is 0 Å². The molecule has 1 saturated carbocycles. The quantitative estimate of drug-likeness (QED) is 0.458. The second-order valence-electron chi connectivity index (χ2n) is 8.77. The highest BCUT2D eigenvalue weighted by Crippen LogP contribution is 2.40. The maximum Gasteiger partial charge on any atom is 0.329 e. The summed E-state index contributed by atoms with van der Waals surface area (Å²) in [4.78, 5) is 47.5. The molecule has 0 bridgehead atoms. The van der Waals surface area contributed by atoms with Crippen molar-refractivity contribution >= 4 is 16.9 Å². The fraction of sp³-hybridized carbons (Fsp3) is 0.320. The zero-order valence-corrected chi connectivity index (χ0v) is 19.2. The predicted molar refractivity (Wildman–Crippen MR) is 128 cm³/mol. The van der Waals surface area contributed by atoms with Crippen molar-refractivity contribution in [3.63, 3.8) is 0 Å².